The van der Waals surface area contributed by atoms with Crippen LogP contribution in [0.1, 0.15) is 41.0 Å². The molecule has 0 radical (unpaired) electrons. The van der Waals surface area contributed by atoms with Gasteiger partial charge in [0.05, 0.1) is 12.3 Å². The minimum Gasteiger partial charge on any atom is -0.244 e. The monoisotopic (exact) mass is 343 g/mol. The molecule has 0 bridgehead atoms. The van der Waals surface area contributed by atoms with Gasteiger partial charge in [-0.15, -0.1) is 10.2 Å². The normalized spacial score (nSPS) is 14.3. The van der Waals surface area contributed by atoms with Gasteiger partial charge in [-0.05, 0) is 25.3 Å². The molecule has 118 valence electrons. The van der Waals surface area contributed by atoms with Crippen molar-refractivity contribution in [2.75, 3.05) is 0 Å². The summed E-state index contributed by atoms with van der Waals surface area (Å²) in [6, 6.07) is 10.4. The first-order valence-electron chi connectivity index (χ1n) is 7.68. The van der Waals surface area contributed by atoms with Crippen LogP contribution in [0, 0.1) is 6.92 Å². The van der Waals surface area contributed by atoms with Crippen LogP contribution in [0.4, 0.5) is 0 Å². The Labute approximate surface area is 143 Å². The summed E-state index contributed by atoms with van der Waals surface area (Å²) in [5, 5.41) is 14.0. The quantitative estimate of drug-likeness (QED) is 0.639. The summed E-state index contributed by atoms with van der Waals surface area (Å²) in [6.07, 6.45) is 2.44. The number of rotatable bonds is 6. The van der Waals surface area contributed by atoms with Gasteiger partial charge in [0.15, 0.2) is 10.2 Å². The van der Waals surface area contributed by atoms with Gasteiger partial charge in [-0.1, -0.05) is 53.4 Å². The lowest BCUT2D eigenvalue weighted by molar-refractivity contribution is 0.649. The number of benzene rings is 1. The van der Waals surface area contributed by atoms with Crippen LogP contribution in [0.25, 0.3) is 0 Å². The molecule has 4 rings (SSSR count). The molecule has 23 heavy (non-hydrogen) atoms. The van der Waals surface area contributed by atoms with Crippen LogP contribution in [0.15, 0.2) is 34.7 Å². The van der Waals surface area contributed by atoms with Gasteiger partial charge >= 0.3 is 0 Å². The summed E-state index contributed by atoms with van der Waals surface area (Å²) < 4.78 is 3.04. The molecular weight excluding hydrogens is 326 g/mol. The molecular formula is C16H17N5S2. The van der Waals surface area contributed by atoms with E-state index >= 15 is 0 Å². The van der Waals surface area contributed by atoms with Crippen LogP contribution in [-0.4, -0.2) is 25.0 Å². The molecule has 0 spiro atoms. The maximum atomic E-state index is 4.78. The summed E-state index contributed by atoms with van der Waals surface area (Å²) in [4.78, 5) is 4.78. The fourth-order valence-corrected chi connectivity index (χ4v) is 4.12. The molecule has 0 unspecified atom stereocenters. The molecule has 3 aromatic rings. The number of thioether (sulfide) groups is 1. The first-order chi connectivity index (χ1) is 11.3. The summed E-state index contributed by atoms with van der Waals surface area (Å²) in [6.45, 7) is 2.75. The Kier molecular flexibility index (Phi) is 4.13. The van der Waals surface area contributed by atoms with Crippen LogP contribution in [0.5, 0.6) is 0 Å². The van der Waals surface area contributed by atoms with Crippen LogP contribution >= 0.6 is 23.1 Å². The smallest absolute Gasteiger partial charge is 0.174 e. The average Bonchev–Trinajstić information content (AvgIpc) is 3.22. The summed E-state index contributed by atoms with van der Waals surface area (Å²) in [5.74, 6) is 3.37. The van der Waals surface area contributed by atoms with Gasteiger partial charge in [0.2, 0.25) is 0 Å². The highest BCUT2D eigenvalue weighted by Gasteiger charge is 2.29. The third-order valence-corrected chi connectivity index (χ3v) is 5.68. The number of nitrogens with zero attached hydrogens (tertiary/aromatic N) is 5. The second kappa shape index (κ2) is 6.41. The van der Waals surface area contributed by atoms with E-state index in [1.165, 1.54) is 18.4 Å². The van der Waals surface area contributed by atoms with Crippen molar-refractivity contribution in [3.05, 3.63) is 52.6 Å². The van der Waals surface area contributed by atoms with Crippen molar-refractivity contribution >= 4 is 23.1 Å². The molecule has 2 heterocycles. The number of aromatic nitrogens is 5. The first-order valence-corrected chi connectivity index (χ1v) is 9.48. The van der Waals surface area contributed by atoms with Crippen molar-refractivity contribution in [1.82, 2.24) is 25.0 Å². The Morgan fingerprint density at radius 3 is 2.74 bits per heavy atom. The number of aryl methyl sites for hydroxylation is 1. The first kappa shape index (κ1) is 14.8. The fraction of sp³-hybridized carbons (Fsp3) is 0.375. The van der Waals surface area contributed by atoms with Gasteiger partial charge in [0.25, 0.3) is 0 Å². The van der Waals surface area contributed by atoms with E-state index in [9.17, 15) is 0 Å². The molecule has 1 aromatic carbocycles. The van der Waals surface area contributed by atoms with E-state index in [-0.39, 0.29) is 0 Å². The van der Waals surface area contributed by atoms with Gasteiger partial charge in [0, 0.05) is 5.92 Å². The highest BCUT2D eigenvalue weighted by atomic mass is 32.2. The molecule has 0 amide bonds. The number of hydrogen-bond acceptors (Lipinski definition) is 6. The standard InChI is InChI=1S/C16H17N5S2/c1-11-18-19-16(23-11)22-10-14-17-15(13-7-8-13)20-21(14)9-12-5-3-2-4-6-12/h2-6,13H,7-10H2,1H3. The highest BCUT2D eigenvalue weighted by molar-refractivity contribution is 8.00. The Balaban J connectivity index is 1.54. The molecule has 5 nitrogen and oxygen atoms in total. The molecule has 0 aliphatic heterocycles. The zero-order valence-electron chi connectivity index (χ0n) is 12.8. The SMILES string of the molecule is Cc1nnc(SCc2nc(C3CC3)nn2Cc2ccccc2)s1. The largest absolute Gasteiger partial charge is 0.244 e. The van der Waals surface area contributed by atoms with Crippen molar-refractivity contribution in [3.63, 3.8) is 0 Å². The lowest BCUT2D eigenvalue weighted by Gasteiger charge is -2.05. The molecule has 7 heteroatoms. The van der Waals surface area contributed by atoms with Crippen molar-refractivity contribution < 1.29 is 0 Å². The van der Waals surface area contributed by atoms with Crippen molar-refractivity contribution in [1.29, 1.82) is 0 Å². The predicted molar refractivity (Wildman–Crippen MR) is 91.7 cm³/mol. The molecule has 1 saturated carbocycles. The Hall–Kier alpha value is -1.73. The third-order valence-electron chi connectivity index (χ3n) is 3.71. The van der Waals surface area contributed by atoms with E-state index in [1.54, 1.807) is 23.1 Å². The fourth-order valence-electron chi connectivity index (χ4n) is 2.36. The molecule has 2 aromatic heterocycles. The van der Waals surface area contributed by atoms with Crippen LogP contribution in [0.2, 0.25) is 0 Å². The lowest BCUT2D eigenvalue weighted by atomic mass is 10.2. The van der Waals surface area contributed by atoms with E-state index in [2.05, 4.69) is 34.5 Å². The van der Waals surface area contributed by atoms with Crippen LogP contribution in [0.3, 0.4) is 0 Å². The van der Waals surface area contributed by atoms with E-state index in [4.69, 9.17) is 10.1 Å². The topological polar surface area (TPSA) is 56.5 Å². The second-order valence-electron chi connectivity index (χ2n) is 5.68. The van der Waals surface area contributed by atoms with Crippen molar-refractivity contribution in [2.45, 2.75) is 42.3 Å². The minimum atomic E-state index is 0.569. The molecule has 0 saturated heterocycles. The van der Waals surface area contributed by atoms with Crippen molar-refractivity contribution in [2.24, 2.45) is 0 Å². The predicted octanol–water partition coefficient (Wildman–Crippen LogP) is 3.66. The lowest BCUT2D eigenvalue weighted by Crippen LogP contribution is -2.06. The van der Waals surface area contributed by atoms with Crippen LogP contribution < -0.4 is 0 Å². The molecule has 1 aliphatic carbocycles. The molecule has 0 atom stereocenters. The maximum Gasteiger partial charge on any atom is 0.174 e. The number of hydrogen-bond donors (Lipinski definition) is 0. The maximum absolute atomic E-state index is 4.78. The van der Waals surface area contributed by atoms with Crippen molar-refractivity contribution in [3.8, 4) is 0 Å². The Bertz CT molecular complexity index is 792. The summed E-state index contributed by atoms with van der Waals surface area (Å²) in [7, 11) is 0. The van der Waals surface area contributed by atoms with Gasteiger partial charge in [-0.2, -0.15) is 5.10 Å². The van der Waals surface area contributed by atoms with E-state index in [1.807, 2.05) is 17.7 Å². The highest BCUT2D eigenvalue weighted by Crippen LogP contribution is 2.38. The zero-order chi connectivity index (χ0) is 15.6. The summed E-state index contributed by atoms with van der Waals surface area (Å²) in [5.41, 5.74) is 1.25. The second-order valence-corrected chi connectivity index (χ2v) is 8.08. The summed E-state index contributed by atoms with van der Waals surface area (Å²) >= 11 is 3.31. The van der Waals surface area contributed by atoms with E-state index in [0.29, 0.717) is 5.92 Å². The molecule has 0 N–H and O–H groups in total. The third kappa shape index (κ3) is 3.61. The Morgan fingerprint density at radius 2 is 2.04 bits per heavy atom. The molecule has 1 aliphatic rings. The van der Waals surface area contributed by atoms with E-state index < -0.39 is 0 Å². The van der Waals surface area contributed by atoms with Crippen LogP contribution in [-0.2, 0) is 12.3 Å². The average molecular weight is 343 g/mol. The van der Waals surface area contributed by atoms with Gasteiger partial charge in [-0.3, -0.25) is 0 Å². The zero-order valence-corrected chi connectivity index (χ0v) is 14.5. The van der Waals surface area contributed by atoms with Gasteiger partial charge < -0.3 is 0 Å². The van der Waals surface area contributed by atoms with E-state index in [0.717, 1.165) is 33.3 Å². The Morgan fingerprint density at radius 1 is 1.22 bits per heavy atom. The van der Waals surface area contributed by atoms with Gasteiger partial charge in [-0.25, -0.2) is 9.67 Å². The molecule has 1 fully saturated rings. The van der Waals surface area contributed by atoms with Gasteiger partial charge in [0.1, 0.15) is 10.8 Å². The minimum absolute atomic E-state index is 0.569.